The van der Waals surface area contributed by atoms with Crippen LogP contribution in [0.1, 0.15) is 51.3 Å². The number of aromatic nitrogens is 3. The van der Waals surface area contributed by atoms with E-state index < -0.39 is 0 Å². The maximum Gasteiger partial charge on any atom is 0.258 e. The summed E-state index contributed by atoms with van der Waals surface area (Å²) in [7, 11) is 0. The Kier molecular flexibility index (Phi) is 4.70. The number of nitrogens with zero attached hydrogens (tertiary/aromatic N) is 4. The first-order valence-corrected chi connectivity index (χ1v) is 9.37. The van der Waals surface area contributed by atoms with Gasteiger partial charge in [0.1, 0.15) is 5.82 Å². The lowest BCUT2D eigenvalue weighted by atomic mass is 9.90. The molecular weight excluding hydrogens is 316 g/mol. The molecule has 0 amide bonds. The van der Waals surface area contributed by atoms with E-state index in [1.165, 1.54) is 25.7 Å². The summed E-state index contributed by atoms with van der Waals surface area (Å²) >= 11 is 0. The van der Waals surface area contributed by atoms with Crippen LogP contribution < -0.4 is 4.90 Å². The number of rotatable bonds is 4. The average Bonchev–Trinajstić information content (AvgIpc) is 3.34. The lowest BCUT2D eigenvalue weighted by molar-refractivity contribution is 0.0531. The fraction of sp³-hybridized carbons (Fsp3) is 0.632. The van der Waals surface area contributed by atoms with Crippen molar-refractivity contribution in [1.82, 2.24) is 15.1 Å². The van der Waals surface area contributed by atoms with Crippen molar-refractivity contribution in [3.8, 4) is 11.5 Å². The maximum absolute atomic E-state index is 5.87. The highest BCUT2D eigenvalue weighted by molar-refractivity contribution is 5.58. The van der Waals surface area contributed by atoms with Crippen molar-refractivity contribution in [3.63, 3.8) is 0 Å². The van der Waals surface area contributed by atoms with Gasteiger partial charge in [0.2, 0.25) is 0 Å². The molecule has 0 bridgehead atoms. The second-order valence-corrected chi connectivity index (χ2v) is 7.39. The highest BCUT2D eigenvalue weighted by atomic mass is 16.5. The molecule has 2 aromatic heterocycles. The molecule has 2 fully saturated rings. The van der Waals surface area contributed by atoms with E-state index in [0.717, 1.165) is 36.9 Å². The Morgan fingerprint density at radius 3 is 2.72 bits per heavy atom. The molecule has 2 saturated heterocycles. The normalized spacial score (nSPS) is 22.0. The first kappa shape index (κ1) is 16.5. The predicted molar refractivity (Wildman–Crippen MR) is 95.5 cm³/mol. The Morgan fingerprint density at radius 1 is 1.20 bits per heavy atom. The molecule has 0 aliphatic carbocycles. The van der Waals surface area contributed by atoms with Gasteiger partial charge in [0.05, 0.1) is 6.10 Å². The molecule has 25 heavy (non-hydrogen) atoms. The molecule has 4 rings (SSSR count). The molecule has 1 atom stereocenters. The van der Waals surface area contributed by atoms with Crippen LogP contribution in [0.5, 0.6) is 0 Å². The third kappa shape index (κ3) is 3.54. The second kappa shape index (κ2) is 7.12. The van der Waals surface area contributed by atoms with Crippen molar-refractivity contribution < 1.29 is 9.26 Å². The standard InChI is InChI=1S/C19H26N4O2/c1-13(2)18-21-19(25-22-18)15-5-8-20-17(12-15)23-9-6-14(7-10-23)16-4-3-11-24-16/h5,8,12-14,16H,3-4,6-7,9-11H2,1-2H3. The van der Waals surface area contributed by atoms with Crippen LogP contribution in [0.2, 0.25) is 0 Å². The van der Waals surface area contributed by atoms with E-state index in [9.17, 15) is 0 Å². The molecule has 6 nitrogen and oxygen atoms in total. The van der Waals surface area contributed by atoms with Gasteiger partial charge in [0.15, 0.2) is 5.82 Å². The van der Waals surface area contributed by atoms with Gasteiger partial charge in [-0.1, -0.05) is 19.0 Å². The molecule has 134 valence electrons. The number of hydrogen-bond acceptors (Lipinski definition) is 6. The lowest BCUT2D eigenvalue weighted by Crippen LogP contribution is -2.38. The van der Waals surface area contributed by atoms with Crippen LogP contribution in [0.15, 0.2) is 22.9 Å². The summed E-state index contributed by atoms with van der Waals surface area (Å²) in [5, 5.41) is 4.05. The van der Waals surface area contributed by atoms with Gasteiger partial charge >= 0.3 is 0 Å². The van der Waals surface area contributed by atoms with Crippen molar-refractivity contribution in [3.05, 3.63) is 24.2 Å². The van der Waals surface area contributed by atoms with Crippen molar-refractivity contribution in [2.75, 3.05) is 24.6 Å². The molecule has 0 radical (unpaired) electrons. The van der Waals surface area contributed by atoms with E-state index in [0.29, 0.717) is 17.9 Å². The monoisotopic (exact) mass is 342 g/mol. The Morgan fingerprint density at radius 2 is 2.04 bits per heavy atom. The van der Waals surface area contributed by atoms with Crippen molar-refractivity contribution >= 4 is 5.82 Å². The third-order valence-electron chi connectivity index (χ3n) is 5.30. The minimum absolute atomic E-state index is 0.260. The third-order valence-corrected chi connectivity index (χ3v) is 5.30. The summed E-state index contributed by atoms with van der Waals surface area (Å²) in [5.41, 5.74) is 0.936. The SMILES string of the molecule is CC(C)c1noc(-c2ccnc(N3CCC(C4CCCO4)CC3)c2)n1. The zero-order valence-electron chi connectivity index (χ0n) is 15.0. The number of anilines is 1. The fourth-order valence-corrected chi connectivity index (χ4v) is 3.79. The van der Waals surface area contributed by atoms with Crippen molar-refractivity contribution in [1.29, 1.82) is 0 Å². The van der Waals surface area contributed by atoms with Gasteiger partial charge in [0, 0.05) is 37.4 Å². The summed E-state index contributed by atoms with van der Waals surface area (Å²) in [5.74, 6) is 3.27. The lowest BCUT2D eigenvalue weighted by Gasteiger charge is -2.35. The summed E-state index contributed by atoms with van der Waals surface area (Å²) in [6.07, 6.45) is 7.11. The van der Waals surface area contributed by atoms with Gasteiger partial charge in [-0.25, -0.2) is 4.98 Å². The fourth-order valence-electron chi connectivity index (χ4n) is 3.79. The van der Waals surface area contributed by atoms with Crippen LogP contribution >= 0.6 is 0 Å². The van der Waals surface area contributed by atoms with Gasteiger partial charge in [0.25, 0.3) is 5.89 Å². The van der Waals surface area contributed by atoms with Gasteiger partial charge in [-0.05, 0) is 43.7 Å². The average molecular weight is 342 g/mol. The quantitative estimate of drug-likeness (QED) is 0.845. The van der Waals surface area contributed by atoms with Gasteiger partial charge in [-0.3, -0.25) is 0 Å². The zero-order valence-corrected chi connectivity index (χ0v) is 15.0. The highest BCUT2D eigenvalue weighted by Gasteiger charge is 2.30. The molecule has 0 saturated carbocycles. The smallest absolute Gasteiger partial charge is 0.258 e. The van der Waals surface area contributed by atoms with E-state index in [-0.39, 0.29) is 5.92 Å². The Balaban J connectivity index is 1.44. The first-order valence-electron chi connectivity index (χ1n) is 9.37. The summed E-state index contributed by atoms with van der Waals surface area (Å²) in [6.45, 7) is 7.12. The van der Waals surface area contributed by atoms with Crippen LogP contribution in [0.4, 0.5) is 5.82 Å². The van der Waals surface area contributed by atoms with Crippen LogP contribution in [-0.2, 0) is 4.74 Å². The molecule has 6 heteroatoms. The van der Waals surface area contributed by atoms with E-state index in [2.05, 4.69) is 39.9 Å². The van der Waals surface area contributed by atoms with Crippen LogP contribution in [0.25, 0.3) is 11.5 Å². The highest BCUT2D eigenvalue weighted by Crippen LogP contribution is 2.31. The number of hydrogen-bond donors (Lipinski definition) is 0. The number of pyridine rings is 1. The van der Waals surface area contributed by atoms with Crippen molar-refractivity contribution in [2.24, 2.45) is 5.92 Å². The first-order chi connectivity index (χ1) is 12.2. The summed E-state index contributed by atoms with van der Waals surface area (Å²) < 4.78 is 11.3. The Bertz CT molecular complexity index is 701. The van der Waals surface area contributed by atoms with E-state index in [1.54, 1.807) is 0 Å². The number of piperidine rings is 1. The molecule has 0 spiro atoms. The molecular formula is C19H26N4O2. The van der Waals surface area contributed by atoms with Gasteiger partial charge in [-0.15, -0.1) is 0 Å². The molecule has 1 unspecified atom stereocenters. The zero-order chi connectivity index (χ0) is 17.2. The molecule has 0 N–H and O–H groups in total. The largest absolute Gasteiger partial charge is 0.378 e. The van der Waals surface area contributed by atoms with Gasteiger partial charge < -0.3 is 14.2 Å². The van der Waals surface area contributed by atoms with E-state index in [4.69, 9.17) is 9.26 Å². The van der Waals surface area contributed by atoms with E-state index in [1.807, 2.05) is 12.3 Å². The van der Waals surface area contributed by atoms with Crippen LogP contribution in [-0.4, -0.2) is 40.9 Å². The minimum Gasteiger partial charge on any atom is -0.378 e. The Hall–Kier alpha value is -1.95. The van der Waals surface area contributed by atoms with Gasteiger partial charge in [-0.2, -0.15) is 4.98 Å². The minimum atomic E-state index is 0.260. The van der Waals surface area contributed by atoms with Crippen molar-refractivity contribution in [2.45, 2.75) is 51.6 Å². The predicted octanol–water partition coefficient (Wildman–Crippen LogP) is 3.65. The Labute approximate surface area is 148 Å². The number of ether oxygens (including phenoxy) is 1. The van der Waals surface area contributed by atoms with E-state index >= 15 is 0 Å². The molecule has 2 aliphatic heterocycles. The topological polar surface area (TPSA) is 64.3 Å². The second-order valence-electron chi connectivity index (χ2n) is 7.39. The molecule has 2 aromatic rings. The molecule has 0 aromatic carbocycles. The summed E-state index contributed by atoms with van der Waals surface area (Å²) in [4.78, 5) is 11.4. The summed E-state index contributed by atoms with van der Waals surface area (Å²) in [6, 6.07) is 3.99. The molecule has 2 aliphatic rings. The molecule has 4 heterocycles. The maximum atomic E-state index is 5.87. The van der Waals surface area contributed by atoms with Crippen LogP contribution in [0, 0.1) is 5.92 Å². The van der Waals surface area contributed by atoms with Crippen LogP contribution in [0.3, 0.4) is 0 Å².